The molecule has 0 radical (unpaired) electrons. The Balaban J connectivity index is 1.47. The molecular weight excluding hydrogens is 567 g/mol. The third-order valence-electron chi connectivity index (χ3n) is 7.28. The second-order valence-electron chi connectivity index (χ2n) is 10.1. The van der Waals surface area contributed by atoms with Gasteiger partial charge in [-0.1, -0.05) is 61.2 Å². The van der Waals surface area contributed by atoms with Gasteiger partial charge in [0, 0.05) is 36.6 Å². The molecule has 3 aromatic carbocycles. The van der Waals surface area contributed by atoms with Crippen molar-refractivity contribution in [3.63, 3.8) is 0 Å². The Morgan fingerprint density at radius 3 is 2.26 bits per heavy atom. The molecule has 2 amide bonds. The smallest absolute Gasteiger partial charge is 0.351 e. The van der Waals surface area contributed by atoms with E-state index in [0.717, 1.165) is 29.5 Å². The maximum Gasteiger partial charge on any atom is 0.416 e. The summed E-state index contributed by atoms with van der Waals surface area (Å²) >= 11 is 0. The molecule has 11 heteroatoms. The standard InChI is InChI=1S/C31H32F3N3O4S/c1-2-42(40,41)36-21-27-9-6-18-37(27)30(39)25-14-12-24(13-15-25)28(19-22-7-4-3-5-8-22)29(38)35-20-23-10-16-26(17-11-23)31(32,33)34/h2-5,7-8,10-17,27-28,36H,1,6,9,18-21H2,(H,35,38)/t27-,28?/m1/s1. The van der Waals surface area contributed by atoms with Gasteiger partial charge in [0.25, 0.3) is 5.91 Å². The number of rotatable bonds is 11. The van der Waals surface area contributed by atoms with Crippen molar-refractivity contribution in [1.82, 2.24) is 14.9 Å². The van der Waals surface area contributed by atoms with Gasteiger partial charge in [-0.3, -0.25) is 9.59 Å². The number of nitrogens with one attached hydrogen (secondary N) is 2. The number of nitrogens with zero attached hydrogens (tertiary/aromatic N) is 1. The van der Waals surface area contributed by atoms with Crippen molar-refractivity contribution in [3.05, 3.63) is 119 Å². The maximum atomic E-state index is 13.4. The van der Waals surface area contributed by atoms with Crippen LogP contribution in [-0.2, 0) is 34.0 Å². The van der Waals surface area contributed by atoms with Gasteiger partial charge in [0.05, 0.1) is 11.5 Å². The predicted molar refractivity (Wildman–Crippen MR) is 154 cm³/mol. The second kappa shape index (κ2) is 13.3. The maximum absolute atomic E-state index is 13.4. The van der Waals surface area contributed by atoms with Crippen molar-refractivity contribution in [2.24, 2.45) is 0 Å². The minimum absolute atomic E-state index is 0.0603. The quantitative estimate of drug-likeness (QED) is 0.324. The van der Waals surface area contributed by atoms with Crippen molar-refractivity contribution in [2.45, 2.75) is 43.9 Å². The highest BCUT2D eigenvalue weighted by Crippen LogP contribution is 2.29. The number of hydrogen-bond acceptors (Lipinski definition) is 4. The number of carbonyl (C=O) groups is 2. The lowest BCUT2D eigenvalue weighted by molar-refractivity contribution is -0.137. The summed E-state index contributed by atoms with van der Waals surface area (Å²) in [7, 11) is -3.61. The zero-order chi connectivity index (χ0) is 30.3. The third kappa shape index (κ3) is 8.07. The van der Waals surface area contributed by atoms with E-state index < -0.39 is 27.7 Å². The molecule has 42 heavy (non-hydrogen) atoms. The number of likely N-dealkylation sites (tertiary alicyclic amines) is 1. The molecule has 0 aromatic heterocycles. The van der Waals surface area contributed by atoms with Gasteiger partial charge in [-0.15, -0.1) is 0 Å². The Hall–Kier alpha value is -3.96. The van der Waals surface area contributed by atoms with Gasteiger partial charge >= 0.3 is 6.18 Å². The minimum atomic E-state index is -4.44. The average molecular weight is 600 g/mol. The van der Waals surface area contributed by atoms with Crippen LogP contribution in [0.4, 0.5) is 13.2 Å². The van der Waals surface area contributed by atoms with Crippen LogP contribution in [0, 0.1) is 0 Å². The molecule has 2 atom stereocenters. The molecule has 0 bridgehead atoms. The molecule has 0 aliphatic carbocycles. The molecule has 1 unspecified atom stereocenters. The van der Waals surface area contributed by atoms with E-state index >= 15 is 0 Å². The molecule has 222 valence electrons. The zero-order valence-corrected chi connectivity index (χ0v) is 23.6. The van der Waals surface area contributed by atoms with Gasteiger partial charge < -0.3 is 10.2 Å². The first-order valence-corrected chi connectivity index (χ1v) is 15.0. The SMILES string of the molecule is C=CS(=O)(=O)NC[C@H]1CCCN1C(=O)c1ccc(C(Cc2ccccc2)C(=O)NCc2ccc(C(F)(F)F)cc2)cc1. The molecule has 1 fully saturated rings. The summed E-state index contributed by atoms with van der Waals surface area (Å²) < 4.78 is 64.6. The van der Waals surface area contributed by atoms with E-state index in [4.69, 9.17) is 0 Å². The topological polar surface area (TPSA) is 95.6 Å². The van der Waals surface area contributed by atoms with Crippen LogP contribution in [0.15, 0.2) is 90.8 Å². The Kier molecular flexibility index (Phi) is 9.85. The van der Waals surface area contributed by atoms with Crippen molar-refractivity contribution in [3.8, 4) is 0 Å². The summed E-state index contributed by atoms with van der Waals surface area (Å²) in [6, 6.07) is 20.5. The first-order valence-electron chi connectivity index (χ1n) is 13.5. The first-order chi connectivity index (χ1) is 20.0. The van der Waals surface area contributed by atoms with E-state index in [1.54, 1.807) is 29.2 Å². The molecule has 0 spiro atoms. The molecule has 3 aromatic rings. The number of benzene rings is 3. The van der Waals surface area contributed by atoms with Crippen LogP contribution >= 0.6 is 0 Å². The van der Waals surface area contributed by atoms with Crippen LogP contribution in [0.25, 0.3) is 0 Å². The normalized spacial score (nSPS) is 16.2. The number of halogens is 3. The van der Waals surface area contributed by atoms with E-state index in [0.29, 0.717) is 36.1 Å². The summed E-state index contributed by atoms with van der Waals surface area (Å²) in [5.74, 6) is -1.14. The molecule has 1 saturated heterocycles. The van der Waals surface area contributed by atoms with E-state index in [2.05, 4.69) is 16.6 Å². The van der Waals surface area contributed by atoms with E-state index in [9.17, 15) is 31.2 Å². The molecule has 1 aliphatic heterocycles. The third-order valence-corrected chi connectivity index (χ3v) is 8.29. The van der Waals surface area contributed by atoms with Gasteiger partial charge in [0.15, 0.2) is 0 Å². The van der Waals surface area contributed by atoms with Crippen LogP contribution in [0.1, 0.15) is 51.4 Å². The van der Waals surface area contributed by atoms with Gasteiger partial charge in [0.1, 0.15) is 0 Å². The van der Waals surface area contributed by atoms with Crippen molar-refractivity contribution < 1.29 is 31.2 Å². The molecule has 2 N–H and O–H groups in total. The average Bonchev–Trinajstić information content (AvgIpc) is 3.46. The van der Waals surface area contributed by atoms with Crippen LogP contribution in [-0.4, -0.2) is 44.3 Å². The number of sulfonamides is 1. The number of alkyl halides is 3. The summed E-state index contributed by atoms with van der Waals surface area (Å²) in [4.78, 5) is 28.3. The summed E-state index contributed by atoms with van der Waals surface area (Å²) in [6.45, 7) is 3.94. The Labute approximate surface area is 243 Å². The van der Waals surface area contributed by atoms with Gasteiger partial charge in [-0.2, -0.15) is 13.2 Å². The summed E-state index contributed by atoms with van der Waals surface area (Å²) in [5, 5.41) is 3.67. The fourth-order valence-corrected chi connectivity index (χ4v) is 5.49. The fourth-order valence-electron chi connectivity index (χ4n) is 4.95. The highest BCUT2D eigenvalue weighted by atomic mass is 32.2. The summed E-state index contributed by atoms with van der Waals surface area (Å²) in [5.41, 5.74) is 1.80. The monoisotopic (exact) mass is 599 g/mol. The number of hydrogen-bond donors (Lipinski definition) is 2. The predicted octanol–water partition coefficient (Wildman–Crippen LogP) is 5.02. The molecule has 1 heterocycles. The highest BCUT2D eigenvalue weighted by molar-refractivity contribution is 7.92. The lowest BCUT2D eigenvalue weighted by Crippen LogP contribution is -2.42. The lowest BCUT2D eigenvalue weighted by atomic mass is 9.90. The molecule has 4 rings (SSSR count). The Morgan fingerprint density at radius 2 is 1.64 bits per heavy atom. The molecule has 7 nitrogen and oxygen atoms in total. The van der Waals surface area contributed by atoms with Crippen molar-refractivity contribution in [2.75, 3.05) is 13.1 Å². The first kappa shape index (κ1) is 31.0. The lowest BCUT2D eigenvalue weighted by Gasteiger charge is -2.25. The van der Waals surface area contributed by atoms with E-state index in [1.807, 2.05) is 30.3 Å². The van der Waals surface area contributed by atoms with E-state index in [1.165, 1.54) is 12.1 Å². The van der Waals surface area contributed by atoms with Gasteiger partial charge in [0.2, 0.25) is 15.9 Å². The molecular formula is C31H32F3N3O4S. The van der Waals surface area contributed by atoms with Crippen molar-refractivity contribution >= 4 is 21.8 Å². The number of carbonyl (C=O) groups excluding carboxylic acids is 2. The van der Waals surface area contributed by atoms with Crippen molar-refractivity contribution in [1.29, 1.82) is 0 Å². The van der Waals surface area contributed by atoms with E-state index in [-0.39, 0.29) is 30.9 Å². The minimum Gasteiger partial charge on any atom is -0.351 e. The number of amides is 2. The van der Waals surface area contributed by atoms with Crippen LogP contribution < -0.4 is 10.0 Å². The van der Waals surface area contributed by atoms with Crippen LogP contribution in [0.2, 0.25) is 0 Å². The fraction of sp³-hybridized carbons (Fsp3) is 0.290. The molecule has 0 saturated carbocycles. The zero-order valence-electron chi connectivity index (χ0n) is 22.8. The van der Waals surface area contributed by atoms with Gasteiger partial charge in [-0.25, -0.2) is 13.1 Å². The second-order valence-corrected chi connectivity index (χ2v) is 11.8. The van der Waals surface area contributed by atoms with Crippen LogP contribution in [0.3, 0.4) is 0 Å². The largest absolute Gasteiger partial charge is 0.416 e. The van der Waals surface area contributed by atoms with Gasteiger partial charge in [-0.05, 0) is 60.2 Å². The summed E-state index contributed by atoms with van der Waals surface area (Å²) in [6.07, 6.45) is -2.64. The Morgan fingerprint density at radius 1 is 0.976 bits per heavy atom. The van der Waals surface area contributed by atoms with Crippen LogP contribution in [0.5, 0.6) is 0 Å². The molecule has 1 aliphatic rings. The highest BCUT2D eigenvalue weighted by Gasteiger charge is 2.31. The Bertz CT molecular complexity index is 1490.